The summed E-state index contributed by atoms with van der Waals surface area (Å²) in [6, 6.07) is 1.64. The molecule has 4 rings (SSSR count). The molecule has 0 amide bonds. The number of pyridine rings is 2. The lowest BCUT2D eigenvalue weighted by Gasteiger charge is -2.29. The van der Waals surface area contributed by atoms with E-state index in [0.29, 0.717) is 37.7 Å². The third-order valence-corrected chi connectivity index (χ3v) is 5.40. The normalized spacial score (nSPS) is 21.3. The van der Waals surface area contributed by atoms with Gasteiger partial charge in [0.1, 0.15) is 11.2 Å². The topological polar surface area (TPSA) is 113 Å². The maximum atomic E-state index is 14.8. The molecule has 2 aliphatic heterocycles. The highest BCUT2D eigenvalue weighted by molar-refractivity contribution is 5.92. The zero-order valence-electron chi connectivity index (χ0n) is 14.8. The van der Waals surface area contributed by atoms with Gasteiger partial charge in [-0.05, 0) is 31.9 Å². The Hall–Kier alpha value is -2.52. The van der Waals surface area contributed by atoms with Crippen LogP contribution in [0.15, 0.2) is 17.1 Å². The van der Waals surface area contributed by atoms with Crippen LogP contribution in [0.2, 0.25) is 0 Å². The number of aryl methyl sites for hydroxylation is 1. The van der Waals surface area contributed by atoms with Crippen molar-refractivity contribution in [1.29, 1.82) is 0 Å². The molecule has 2 unspecified atom stereocenters. The summed E-state index contributed by atoms with van der Waals surface area (Å²) >= 11 is 0. The molecular weight excluding hydrogens is 353 g/mol. The molecule has 8 nitrogen and oxygen atoms in total. The number of hydrogen-bond acceptors (Lipinski definition) is 6. The predicted molar refractivity (Wildman–Crippen MR) is 98.8 cm³/mol. The molecule has 144 valence electrons. The lowest BCUT2D eigenvalue weighted by molar-refractivity contribution is 0.0694. The molecule has 0 aliphatic carbocycles. The van der Waals surface area contributed by atoms with E-state index in [1.54, 1.807) is 4.57 Å². The van der Waals surface area contributed by atoms with Gasteiger partial charge < -0.3 is 25.6 Å². The van der Waals surface area contributed by atoms with E-state index in [2.05, 4.69) is 10.3 Å². The molecule has 2 bridgehead atoms. The molecule has 0 spiro atoms. The van der Waals surface area contributed by atoms with Crippen LogP contribution in [-0.4, -0.2) is 52.3 Å². The van der Waals surface area contributed by atoms with Crippen molar-refractivity contribution in [3.63, 3.8) is 0 Å². The monoisotopic (exact) mass is 375 g/mol. The molecular formula is C18H22FN5O3. The van der Waals surface area contributed by atoms with Crippen LogP contribution in [0.5, 0.6) is 0 Å². The number of hydrogen-bond donors (Lipinski definition) is 3. The zero-order valence-corrected chi connectivity index (χ0v) is 14.8. The number of carbonyl (C=O) groups is 1. The summed E-state index contributed by atoms with van der Waals surface area (Å²) < 4.78 is 16.4. The van der Waals surface area contributed by atoms with E-state index in [-0.39, 0.29) is 22.8 Å². The number of rotatable bonds is 6. The number of piperazine rings is 1. The molecule has 9 heteroatoms. The highest BCUT2D eigenvalue weighted by atomic mass is 19.1. The first-order valence-corrected chi connectivity index (χ1v) is 9.16. The largest absolute Gasteiger partial charge is 0.477 e. The van der Waals surface area contributed by atoms with E-state index >= 15 is 0 Å². The first-order chi connectivity index (χ1) is 13.0. The number of anilines is 1. The van der Waals surface area contributed by atoms with Crippen LogP contribution in [0.25, 0.3) is 11.0 Å². The van der Waals surface area contributed by atoms with Gasteiger partial charge in [0, 0.05) is 37.9 Å². The Morgan fingerprint density at radius 3 is 2.89 bits per heavy atom. The molecule has 0 radical (unpaired) electrons. The number of aromatic nitrogens is 2. The summed E-state index contributed by atoms with van der Waals surface area (Å²) in [6.07, 6.45) is 3.71. The van der Waals surface area contributed by atoms with Crippen LogP contribution >= 0.6 is 0 Å². The van der Waals surface area contributed by atoms with Gasteiger partial charge in [-0.1, -0.05) is 0 Å². The van der Waals surface area contributed by atoms with Crippen molar-refractivity contribution in [2.75, 3.05) is 24.5 Å². The summed E-state index contributed by atoms with van der Waals surface area (Å²) in [7, 11) is 0. The van der Waals surface area contributed by atoms with Crippen LogP contribution in [0.1, 0.15) is 29.6 Å². The van der Waals surface area contributed by atoms with Crippen molar-refractivity contribution < 1.29 is 14.3 Å². The Bertz CT molecular complexity index is 960. The molecule has 27 heavy (non-hydrogen) atoms. The molecule has 2 saturated heterocycles. The van der Waals surface area contributed by atoms with E-state index in [4.69, 9.17) is 5.73 Å². The summed E-state index contributed by atoms with van der Waals surface area (Å²) in [6.45, 7) is 2.43. The number of nitrogens with two attached hydrogens (primary N) is 1. The standard InChI is InChI=1S/C18H22FN5O3/c19-14-6-12-15(25)13(18(26)27)9-23(4-2-1-3-20)16(12)22-17(14)24-8-10-5-11(24)7-21-10/h6,9-11,21H,1-5,7-8,20H2,(H,26,27). The predicted octanol–water partition coefficient (Wildman–Crippen LogP) is 0.523. The van der Waals surface area contributed by atoms with Crippen molar-refractivity contribution in [3.05, 3.63) is 33.9 Å². The number of halogens is 1. The molecule has 2 aromatic rings. The maximum Gasteiger partial charge on any atom is 0.341 e. The van der Waals surface area contributed by atoms with Crippen LogP contribution in [0.3, 0.4) is 0 Å². The van der Waals surface area contributed by atoms with Gasteiger partial charge in [0.05, 0.1) is 5.39 Å². The lowest BCUT2D eigenvalue weighted by Crippen LogP contribution is -2.44. The van der Waals surface area contributed by atoms with Crippen LogP contribution in [-0.2, 0) is 6.54 Å². The molecule has 4 N–H and O–H groups in total. The average molecular weight is 375 g/mol. The first kappa shape index (κ1) is 17.9. The average Bonchev–Trinajstić information content (AvgIpc) is 3.26. The third kappa shape index (κ3) is 3.06. The second-order valence-corrected chi connectivity index (χ2v) is 7.18. The van der Waals surface area contributed by atoms with Gasteiger partial charge >= 0.3 is 5.97 Å². The fraction of sp³-hybridized carbons (Fsp3) is 0.500. The summed E-state index contributed by atoms with van der Waals surface area (Å²) in [5, 5.41) is 12.7. The summed E-state index contributed by atoms with van der Waals surface area (Å²) in [5.41, 5.74) is 4.76. The molecule has 2 atom stereocenters. The van der Waals surface area contributed by atoms with E-state index in [9.17, 15) is 19.1 Å². The Kier molecular flexibility index (Phi) is 4.56. The van der Waals surface area contributed by atoms with Gasteiger partial charge in [-0.2, -0.15) is 0 Å². The minimum absolute atomic E-state index is 0.00798. The molecule has 2 aliphatic rings. The van der Waals surface area contributed by atoms with Gasteiger partial charge in [-0.25, -0.2) is 14.2 Å². The number of nitrogens with one attached hydrogen (secondary N) is 1. The quantitative estimate of drug-likeness (QED) is 0.631. The number of nitrogens with zero attached hydrogens (tertiary/aromatic N) is 3. The highest BCUT2D eigenvalue weighted by Crippen LogP contribution is 2.31. The molecule has 2 aromatic heterocycles. The van der Waals surface area contributed by atoms with Crippen molar-refractivity contribution in [2.45, 2.75) is 37.9 Å². The zero-order chi connectivity index (χ0) is 19.1. The minimum atomic E-state index is -1.33. The Balaban J connectivity index is 1.85. The fourth-order valence-corrected chi connectivity index (χ4v) is 4.05. The van der Waals surface area contributed by atoms with E-state index in [1.807, 2.05) is 4.90 Å². The SMILES string of the molecule is NCCCCn1cc(C(=O)O)c(=O)c2cc(F)c(N3CC4CC3CN4)nc21. The van der Waals surface area contributed by atoms with Crippen LogP contribution in [0, 0.1) is 5.82 Å². The van der Waals surface area contributed by atoms with Gasteiger partial charge in [0.15, 0.2) is 11.6 Å². The lowest BCUT2D eigenvalue weighted by atomic mass is 10.1. The Labute approximate surface area is 154 Å². The van der Waals surface area contributed by atoms with Crippen molar-refractivity contribution in [2.24, 2.45) is 5.73 Å². The number of carboxylic acid groups (broad SMARTS) is 1. The highest BCUT2D eigenvalue weighted by Gasteiger charge is 2.39. The first-order valence-electron chi connectivity index (χ1n) is 9.16. The molecule has 0 saturated carbocycles. The number of carboxylic acids is 1. The number of unbranched alkanes of at least 4 members (excludes halogenated alkanes) is 1. The fourth-order valence-electron chi connectivity index (χ4n) is 4.05. The van der Waals surface area contributed by atoms with Crippen molar-refractivity contribution >= 4 is 22.8 Å². The Morgan fingerprint density at radius 2 is 2.26 bits per heavy atom. The summed E-state index contributed by atoms with van der Waals surface area (Å²) in [4.78, 5) is 30.4. The van der Waals surface area contributed by atoms with Crippen molar-refractivity contribution in [3.8, 4) is 0 Å². The third-order valence-electron chi connectivity index (χ3n) is 5.40. The van der Waals surface area contributed by atoms with E-state index in [1.165, 1.54) is 6.20 Å². The Morgan fingerprint density at radius 1 is 1.44 bits per heavy atom. The van der Waals surface area contributed by atoms with Gasteiger partial charge in [-0.3, -0.25) is 4.79 Å². The smallest absolute Gasteiger partial charge is 0.341 e. The van der Waals surface area contributed by atoms with E-state index in [0.717, 1.165) is 25.5 Å². The second-order valence-electron chi connectivity index (χ2n) is 7.18. The molecule has 0 aromatic carbocycles. The van der Waals surface area contributed by atoms with E-state index < -0.39 is 17.2 Å². The van der Waals surface area contributed by atoms with Gasteiger partial charge in [-0.15, -0.1) is 0 Å². The van der Waals surface area contributed by atoms with Crippen LogP contribution < -0.4 is 21.4 Å². The molecule has 2 fully saturated rings. The molecule has 4 heterocycles. The number of aromatic carboxylic acids is 1. The minimum Gasteiger partial charge on any atom is -0.477 e. The van der Waals surface area contributed by atoms with Gasteiger partial charge in [0.25, 0.3) is 0 Å². The van der Waals surface area contributed by atoms with Crippen molar-refractivity contribution in [1.82, 2.24) is 14.9 Å². The van der Waals surface area contributed by atoms with Crippen LogP contribution in [0.4, 0.5) is 10.2 Å². The number of fused-ring (bicyclic) bond motifs is 3. The maximum absolute atomic E-state index is 14.8. The second kappa shape index (κ2) is 6.90. The summed E-state index contributed by atoms with van der Waals surface area (Å²) in [5.74, 6) is -1.70. The van der Waals surface area contributed by atoms with Gasteiger partial charge in [0.2, 0.25) is 5.43 Å².